The number of aromatic amines is 1. The minimum absolute atomic E-state index is 0.141. The van der Waals surface area contributed by atoms with Crippen LogP contribution in [0.5, 0.6) is 0 Å². The lowest BCUT2D eigenvalue weighted by molar-refractivity contribution is 0.996. The van der Waals surface area contributed by atoms with Gasteiger partial charge in [0.25, 0.3) is 5.56 Å². The standard InChI is InChI=1S/C9H9N3OS/c1-5-3-10-8(13)6-4-11-9(14-2)12-7(5)6/h3-4H,1-2H3,(H,10,13). The van der Waals surface area contributed by atoms with E-state index in [1.165, 1.54) is 11.8 Å². The smallest absolute Gasteiger partial charge is 0.258 e. The van der Waals surface area contributed by atoms with Gasteiger partial charge in [0.1, 0.15) is 0 Å². The molecular weight excluding hydrogens is 198 g/mol. The fraction of sp³-hybridized carbons (Fsp3) is 0.222. The van der Waals surface area contributed by atoms with Crippen LogP contribution in [0.15, 0.2) is 22.3 Å². The number of pyridine rings is 1. The molecule has 2 heterocycles. The first-order valence-electron chi connectivity index (χ1n) is 4.11. The van der Waals surface area contributed by atoms with Gasteiger partial charge in [-0.1, -0.05) is 11.8 Å². The van der Waals surface area contributed by atoms with Crippen molar-refractivity contribution in [2.75, 3.05) is 6.26 Å². The van der Waals surface area contributed by atoms with Gasteiger partial charge in [0, 0.05) is 12.4 Å². The first kappa shape index (κ1) is 9.21. The summed E-state index contributed by atoms with van der Waals surface area (Å²) < 4.78 is 0. The molecule has 0 unspecified atom stereocenters. The molecule has 4 nitrogen and oxygen atoms in total. The molecule has 5 heteroatoms. The average molecular weight is 207 g/mol. The summed E-state index contributed by atoms with van der Waals surface area (Å²) in [6.07, 6.45) is 5.14. The molecule has 0 spiro atoms. The van der Waals surface area contributed by atoms with E-state index in [0.717, 1.165) is 11.1 Å². The third-order valence-electron chi connectivity index (χ3n) is 1.99. The highest BCUT2D eigenvalue weighted by atomic mass is 32.2. The molecule has 2 aromatic heterocycles. The van der Waals surface area contributed by atoms with E-state index in [9.17, 15) is 4.79 Å². The maximum Gasteiger partial charge on any atom is 0.258 e. The maximum atomic E-state index is 11.4. The van der Waals surface area contributed by atoms with Crippen molar-refractivity contribution in [3.05, 3.63) is 28.3 Å². The normalized spacial score (nSPS) is 10.7. The number of hydrogen-bond acceptors (Lipinski definition) is 4. The van der Waals surface area contributed by atoms with Crippen LogP contribution < -0.4 is 5.56 Å². The van der Waals surface area contributed by atoms with Crippen molar-refractivity contribution in [2.45, 2.75) is 12.1 Å². The lowest BCUT2D eigenvalue weighted by atomic mass is 10.2. The Morgan fingerprint density at radius 2 is 2.29 bits per heavy atom. The van der Waals surface area contributed by atoms with Crippen LogP contribution in [0.2, 0.25) is 0 Å². The molecule has 0 amide bonds. The van der Waals surface area contributed by atoms with Crippen molar-refractivity contribution in [3.8, 4) is 0 Å². The molecule has 0 aliphatic heterocycles. The summed E-state index contributed by atoms with van der Waals surface area (Å²) in [7, 11) is 0. The number of hydrogen-bond donors (Lipinski definition) is 1. The molecule has 0 aliphatic rings. The topological polar surface area (TPSA) is 58.6 Å². The van der Waals surface area contributed by atoms with Crippen molar-refractivity contribution in [2.24, 2.45) is 0 Å². The molecule has 0 radical (unpaired) electrons. The van der Waals surface area contributed by atoms with Crippen molar-refractivity contribution < 1.29 is 0 Å². The average Bonchev–Trinajstić information content (AvgIpc) is 2.23. The highest BCUT2D eigenvalue weighted by Gasteiger charge is 2.04. The molecule has 72 valence electrons. The van der Waals surface area contributed by atoms with Crippen LogP contribution in [0.3, 0.4) is 0 Å². The second kappa shape index (κ2) is 3.42. The Labute approximate surface area is 84.8 Å². The third kappa shape index (κ3) is 1.39. The van der Waals surface area contributed by atoms with E-state index in [1.54, 1.807) is 12.4 Å². The zero-order valence-electron chi connectivity index (χ0n) is 7.87. The number of H-pyrrole nitrogens is 1. The van der Waals surface area contributed by atoms with Gasteiger partial charge in [-0.3, -0.25) is 4.79 Å². The van der Waals surface area contributed by atoms with Gasteiger partial charge in [-0.25, -0.2) is 9.97 Å². The molecule has 0 aliphatic carbocycles. The highest BCUT2D eigenvalue weighted by Crippen LogP contribution is 2.14. The number of aryl methyl sites for hydroxylation is 1. The largest absolute Gasteiger partial charge is 0.328 e. The Balaban J connectivity index is 2.87. The number of thioether (sulfide) groups is 1. The third-order valence-corrected chi connectivity index (χ3v) is 2.55. The summed E-state index contributed by atoms with van der Waals surface area (Å²) in [6.45, 7) is 1.91. The van der Waals surface area contributed by atoms with Crippen LogP contribution in [0.4, 0.5) is 0 Å². The lowest BCUT2D eigenvalue weighted by Crippen LogP contribution is -2.07. The fourth-order valence-electron chi connectivity index (χ4n) is 1.25. The van der Waals surface area contributed by atoms with E-state index in [0.29, 0.717) is 10.5 Å². The summed E-state index contributed by atoms with van der Waals surface area (Å²) in [5.74, 6) is 0. The van der Waals surface area contributed by atoms with E-state index in [1.807, 2.05) is 13.2 Å². The van der Waals surface area contributed by atoms with Crippen molar-refractivity contribution >= 4 is 22.7 Å². The number of fused-ring (bicyclic) bond motifs is 1. The number of nitrogens with zero attached hydrogens (tertiary/aromatic N) is 2. The van der Waals surface area contributed by atoms with Crippen LogP contribution >= 0.6 is 11.8 Å². The number of rotatable bonds is 1. The molecule has 14 heavy (non-hydrogen) atoms. The first-order chi connectivity index (χ1) is 6.72. The van der Waals surface area contributed by atoms with Gasteiger partial charge in [0.05, 0.1) is 10.9 Å². The SMILES string of the molecule is CSc1ncc2c(=O)[nH]cc(C)c2n1. The van der Waals surface area contributed by atoms with Gasteiger partial charge in [-0.05, 0) is 18.7 Å². The summed E-state index contributed by atoms with van der Waals surface area (Å²) in [5, 5.41) is 1.23. The van der Waals surface area contributed by atoms with E-state index < -0.39 is 0 Å². The Morgan fingerprint density at radius 3 is 3.00 bits per heavy atom. The van der Waals surface area contributed by atoms with Gasteiger partial charge >= 0.3 is 0 Å². The zero-order valence-corrected chi connectivity index (χ0v) is 8.68. The molecule has 2 rings (SSSR count). The molecule has 0 saturated heterocycles. The lowest BCUT2D eigenvalue weighted by Gasteiger charge is -2.00. The number of aromatic nitrogens is 3. The summed E-state index contributed by atoms with van der Waals surface area (Å²) >= 11 is 1.46. The molecule has 2 aromatic rings. The summed E-state index contributed by atoms with van der Waals surface area (Å²) in [5.41, 5.74) is 1.55. The van der Waals surface area contributed by atoms with Crippen LogP contribution in [0, 0.1) is 6.92 Å². The van der Waals surface area contributed by atoms with Crippen molar-refractivity contribution in [1.29, 1.82) is 0 Å². The van der Waals surface area contributed by atoms with E-state index in [2.05, 4.69) is 15.0 Å². The van der Waals surface area contributed by atoms with Gasteiger partial charge in [0.15, 0.2) is 5.16 Å². The van der Waals surface area contributed by atoms with Crippen LogP contribution in [0.1, 0.15) is 5.56 Å². The molecule has 0 saturated carbocycles. The molecular formula is C9H9N3OS. The molecule has 0 bridgehead atoms. The van der Waals surface area contributed by atoms with E-state index in [4.69, 9.17) is 0 Å². The molecule has 0 fully saturated rings. The van der Waals surface area contributed by atoms with E-state index in [-0.39, 0.29) is 5.56 Å². The van der Waals surface area contributed by atoms with Crippen molar-refractivity contribution in [3.63, 3.8) is 0 Å². The monoisotopic (exact) mass is 207 g/mol. The minimum atomic E-state index is -0.141. The minimum Gasteiger partial charge on any atom is -0.328 e. The summed E-state index contributed by atoms with van der Waals surface area (Å²) in [6, 6.07) is 0. The quantitative estimate of drug-likeness (QED) is 0.566. The van der Waals surface area contributed by atoms with Gasteiger partial charge in [0.2, 0.25) is 0 Å². The second-order valence-corrected chi connectivity index (χ2v) is 3.69. The Hall–Kier alpha value is -1.36. The van der Waals surface area contributed by atoms with Crippen molar-refractivity contribution in [1.82, 2.24) is 15.0 Å². The Morgan fingerprint density at radius 1 is 1.50 bits per heavy atom. The Kier molecular flexibility index (Phi) is 2.25. The molecule has 0 atom stereocenters. The molecule has 1 N–H and O–H groups in total. The van der Waals surface area contributed by atoms with Crippen LogP contribution in [0.25, 0.3) is 10.9 Å². The summed E-state index contributed by atoms with van der Waals surface area (Å²) in [4.78, 5) is 22.4. The second-order valence-electron chi connectivity index (χ2n) is 2.92. The first-order valence-corrected chi connectivity index (χ1v) is 5.34. The zero-order chi connectivity index (χ0) is 10.1. The highest BCUT2D eigenvalue weighted by molar-refractivity contribution is 7.98. The molecule has 0 aromatic carbocycles. The van der Waals surface area contributed by atoms with Gasteiger partial charge in [-0.15, -0.1) is 0 Å². The maximum absolute atomic E-state index is 11.4. The predicted octanol–water partition coefficient (Wildman–Crippen LogP) is 1.35. The van der Waals surface area contributed by atoms with E-state index >= 15 is 0 Å². The van der Waals surface area contributed by atoms with Gasteiger partial charge < -0.3 is 4.98 Å². The van der Waals surface area contributed by atoms with Crippen LogP contribution in [-0.4, -0.2) is 21.2 Å². The Bertz CT molecular complexity index is 535. The number of nitrogens with one attached hydrogen (secondary N) is 1. The predicted molar refractivity (Wildman–Crippen MR) is 56.7 cm³/mol. The fourth-order valence-corrected chi connectivity index (χ4v) is 1.59. The van der Waals surface area contributed by atoms with Gasteiger partial charge in [-0.2, -0.15) is 0 Å². The van der Waals surface area contributed by atoms with Crippen LogP contribution in [-0.2, 0) is 0 Å².